The van der Waals surface area contributed by atoms with Crippen molar-refractivity contribution in [1.82, 2.24) is 15.8 Å². The molecule has 1 heterocycles. The SMILES string of the molecule is C[C@H](OC(N)=O)c1oc(-c2ccc(OC(F)F)c(OCC3CC3)c2)nc1C(=O)NC(C(=O)NO)c1ccc(F)cc1F. The van der Waals surface area contributed by atoms with Crippen LogP contribution in [0.1, 0.15) is 53.7 Å². The zero-order valence-corrected chi connectivity index (χ0v) is 21.7. The van der Waals surface area contributed by atoms with Gasteiger partial charge in [0.25, 0.3) is 11.8 Å². The van der Waals surface area contributed by atoms with E-state index in [0.717, 1.165) is 25.0 Å². The Labute approximate surface area is 234 Å². The molecule has 42 heavy (non-hydrogen) atoms. The topological polar surface area (TPSA) is 175 Å². The Morgan fingerprint density at radius 3 is 2.50 bits per heavy atom. The molecule has 0 saturated heterocycles. The highest BCUT2D eigenvalue weighted by Crippen LogP contribution is 2.37. The lowest BCUT2D eigenvalue weighted by Gasteiger charge is -2.18. The fraction of sp³-hybridized carbons (Fsp3) is 0.308. The second kappa shape index (κ2) is 12.8. The molecule has 3 amide bonds. The number of hydroxylamine groups is 1. The smallest absolute Gasteiger partial charge is 0.405 e. The van der Waals surface area contributed by atoms with Crippen LogP contribution in [0.5, 0.6) is 11.5 Å². The van der Waals surface area contributed by atoms with Crippen LogP contribution in [0.15, 0.2) is 40.8 Å². The van der Waals surface area contributed by atoms with E-state index in [2.05, 4.69) is 15.0 Å². The van der Waals surface area contributed by atoms with E-state index in [1.807, 2.05) is 0 Å². The molecule has 2 atom stereocenters. The van der Waals surface area contributed by atoms with Crippen molar-refractivity contribution in [3.8, 4) is 23.0 Å². The van der Waals surface area contributed by atoms with Gasteiger partial charge in [0.05, 0.1) is 6.61 Å². The Morgan fingerprint density at radius 2 is 1.88 bits per heavy atom. The monoisotopic (exact) mass is 596 g/mol. The molecule has 0 bridgehead atoms. The molecule has 1 aliphatic carbocycles. The maximum absolute atomic E-state index is 14.5. The van der Waals surface area contributed by atoms with Crippen molar-refractivity contribution in [2.75, 3.05) is 6.61 Å². The molecule has 16 heteroatoms. The number of benzene rings is 2. The van der Waals surface area contributed by atoms with Gasteiger partial charge in [-0.2, -0.15) is 8.78 Å². The van der Waals surface area contributed by atoms with Gasteiger partial charge in [-0.15, -0.1) is 0 Å². The van der Waals surface area contributed by atoms with Crippen LogP contribution in [0.3, 0.4) is 0 Å². The van der Waals surface area contributed by atoms with Gasteiger partial charge < -0.3 is 29.7 Å². The van der Waals surface area contributed by atoms with Crippen LogP contribution in [0, 0.1) is 17.6 Å². The van der Waals surface area contributed by atoms with E-state index < -0.39 is 59.6 Å². The van der Waals surface area contributed by atoms with Gasteiger partial charge in [0.2, 0.25) is 5.89 Å². The molecule has 3 aromatic rings. The van der Waals surface area contributed by atoms with E-state index in [1.54, 1.807) is 0 Å². The third-order valence-corrected chi connectivity index (χ3v) is 6.03. The molecule has 0 spiro atoms. The predicted molar refractivity (Wildman–Crippen MR) is 132 cm³/mol. The van der Waals surface area contributed by atoms with E-state index in [-0.39, 0.29) is 41.2 Å². The first-order valence-electron chi connectivity index (χ1n) is 12.3. The minimum atomic E-state index is -3.13. The van der Waals surface area contributed by atoms with Crippen molar-refractivity contribution >= 4 is 17.9 Å². The van der Waals surface area contributed by atoms with Crippen LogP contribution in [0.2, 0.25) is 0 Å². The summed E-state index contributed by atoms with van der Waals surface area (Å²) >= 11 is 0. The lowest BCUT2D eigenvalue weighted by molar-refractivity contribution is -0.131. The van der Waals surface area contributed by atoms with Crippen molar-refractivity contribution < 1.29 is 55.8 Å². The Bertz CT molecular complexity index is 1480. The number of hydrogen-bond acceptors (Lipinski definition) is 9. The molecule has 1 unspecified atom stereocenters. The van der Waals surface area contributed by atoms with Gasteiger partial charge in [0.15, 0.2) is 29.1 Å². The number of ether oxygens (including phenoxy) is 3. The zero-order valence-electron chi connectivity index (χ0n) is 21.7. The van der Waals surface area contributed by atoms with Crippen LogP contribution in [-0.2, 0) is 9.53 Å². The Balaban J connectivity index is 1.72. The second-order valence-corrected chi connectivity index (χ2v) is 9.15. The van der Waals surface area contributed by atoms with E-state index in [4.69, 9.17) is 24.8 Å². The number of nitrogens with one attached hydrogen (secondary N) is 2. The molecule has 12 nitrogen and oxygen atoms in total. The molecule has 2 aromatic carbocycles. The highest BCUT2D eigenvalue weighted by atomic mass is 19.3. The third kappa shape index (κ3) is 7.25. The van der Waals surface area contributed by atoms with Crippen molar-refractivity contribution in [2.24, 2.45) is 11.7 Å². The van der Waals surface area contributed by atoms with E-state index in [0.29, 0.717) is 6.07 Å². The standard InChI is InChI=1S/C26H24F4N4O8/c1-11(40-26(31)37)21-20(22(35)32-19(23(36)34-38)15-6-5-14(27)9-16(15)28)33-24(42-21)13-4-7-17(41-25(29)30)18(8-13)39-10-12-2-3-12/h4-9,11-12,19,25,38H,2-3,10H2,1H3,(H2,31,37)(H,32,35)(H,34,36)/t11-,19?/m0/s1. The van der Waals surface area contributed by atoms with Gasteiger partial charge in [0, 0.05) is 17.2 Å². The van der Waals surface area contributed by atoms with Gasteiger partial charge in [0.1, 0.15) is 17.7 Å². The number of nitrogens with two attached hydrogens (primary N) is 1. The lowest BCUT2D eigenvalue weighted by Crippen LogP contribution is -2.40. The maximum Gasteiger partial charge on any atom is 0.405 e. The molecule has 5 N–H and O–H groups in total. The molecule has 1 aromatic heterocycles. The fourth-order valence-corrected chi connectivity index (χ4v) is 3.84. The summed E-state index contributed by atoms with van der Waals surface area (Å²) in [5.74, 6) is -5.31. The second-order valence-electron chi connectivity index (χ2n) is 9.15. The number of amides is 3. The zero-order chi connectivity index (χ0) is 30.6. The largest absolute Gasteiger partial charge is 0.489 e. The van der Waals surface area contributed by atoms with Gasteiger partial charge in [-0.1, -0.05) is 6.07 Å². The van der Waals surface area contributed by atoms with Crippen molar-refractivity contribution in [3.05, 3.63) is 65.1 Å². The number of aromatic nitrogens is 1. The summed E-state index contributed by atoms with van der Waals surface area (Å²) in [7, 11) is 0. The molecular weight excluding hydrogens is 572 g/mol. The van der Waals surface area contributed by atoms with Gasteiger partial charge in [-0.3, -0.25) is 14.8 Å². The first-order valence-corrected chi connectivity index (χ1v) is 12.3. The minimum Gasteiger partial charge on any atom is -0.489 e. The summed E-state index contributed by atoms with van der Waals surface area (Å²) in [4.78, 5) is 41.1. The molecular formula is C26H24F4N4O8. The molecule has 4 rings (SSSR count). The Kier molecular flexibility index (Phi) is 9.15. The average Bonchev–Trinajstić information content (AvgIpc) is 3.65. The number of oxazole rings is 1. The Hall–Kier alpha value is -4.86. The third-order valence-electron chi connectivity index (χ3n) is 6.03. The minimum absolute atomic E-state index is 0.0571. The normalized spacial score (nSPS) is 14.2. The summed E-state index contributed by atoms with van der Waals surface area (Å²) in [6.07, 6.45) is -0.714. The van der Waals surface area contributed by atoms with Gasteiger partial charge in [-0.05, 0) is 49.9 Å². The molecule has 224 valence electrons. The lowest BCUT2D eigenvalue weighted by atomic mass is 10.0. The first kappa shape index (κ1) is 30.1. The van der Waals surface area contributed by atoms with Crippen LogP contribution in [0.25, 0.3) is 11.5 Å². The molecule has 1 aliphatic rings. The van der Waals surface area contributed by atoms with Gasteiger partial charge in [-0.25, -0.2) is 24.0 Å². The highest BCUT2D eigenvalue weighted by molar-refractivity contribution is 5.97. The van der Waals surface area contributed by atoms with Crippen LogP contribution in [-0.4, -0.2) is 41.3 Å². The maximum atomic E-state index is 14.5. The summed E-state index contributed by atoms with van der Waals surface area (Å²) in [5, 5.41) is 11.3. The van der Waals surface area contributed by atoms with E-state index in [9.17, 15) is 31.9 Å². The quantitative estimate of drug-likeness (QED) is 0.136. The van der Waals surface area contributed by atoms with E-state index in [1.165, 1.54) is 30.6 Å². The van der Waals surface area contributed by atoms with Crippen molar-refractivity contribution in [2.45, 2.75) is 38.5 Å². The van der Waals surface area contributed by atoms with E-state index >= 15 is 0 Å². The summed E-state index contributed by atoms with van der Waals surface area (Å²) in [6.45, 7) is -1.61. The van der Waals surface area contributed by atoms with Crippen LogP contribution in [0.4, 0.5) is 22.4 Å². The number of alkyl halides is 2. The number of carbonyl (C=O) groups excluding carboxylic acids is 3. The first-order chi connectivity index (χ1) is 20.0. The van der Waals surface area contributed by atoms with Crippen LogP contribution >= 0.6 is 0 Å². The number of hydrogen-bond donors (Lipinski definition) is 4. The highest BCUT2D eigenvalue weighted by Gasteiger charge is 2.32. The summed E-state index contributed by atoms with van der Waals surface area (Å²) in [6, 6.07) is 4.04. The van der Waals surface area contributed by atoms with Crippen molar-refractivity contribution in [3.63, 3.8) is 0 Å². The van der Waals surface area contributed by atoms with Crippen LogP contribution < -0.4 is 26.0 Å². The fourth-order valence-electron chi connectivity index (χ4n) is 3.84. The molecule has 1 fully saturated rings. The number of rotatable bonds is 12. The Morgan fingerprint density at radius 1 is 1.14 bits per heavy atom. The summed E-state index contributed by atoms with van der Waals surface area (Å²) in [5.41, 5.74) is 5.44. The van der Waals surface area contributed by atoms with Crippen molar-refractivity contribution in [1.29, 1.82) is 0 Å². The summed E-state index contributed by atoms with van der Waals surface area (Å²) < 4.78 is 74.5. The molecule has 0 aliphatic heterocycles. The predicted octanol–water partition coefficient (Wildman–Crippen LogP) is 4.14. The molecule has 1 saturated carbocycles. The number of primary amides is 1. The van der Waals surface area contributed by atoms with Gasteiger partial charge >= 0.3 is 12.7 Å². The molecule has 0 radical (unpaired) electrons. The number of carbonyl (C=O) groups is 3. The number of halogens is 4. The number of nitrogens with zero attached hydrogens (tertiary/aromatic N) is 1. The average molecular weight is 596 g/mol.